The van der Waals surface area contributed by atoms with Crippen LogP contribution in [0.2, 0.25) is 0 Å². The van der Waals surface area contributed by atoms with Crippen molar-refractivity contribution in [3.63, 3.8) is 0 Å². The van der Waals surface area contributed by atoms with Crippen LogP contribution in [-0.4, -0.2) is 92.6 Å². The molecule has 5 rings (SSSR count). The molecular weight excluding hydrogens is 606 g/mol. The number of aromatic nitrogens is 1. The van der Waals surface area contributed by atoms with E-state index in [1.54, 1.807) is 27.7 Å². The number of hydrogen-bond acceptors (Lipinski definition) is 8. The fourth-order valence-corrected chi connectivity index (χ4v) is 6.17. The van der Waals surface area contributed by atoms with Crippen LogP contribution in [0.1, 0.15) is 86.1 Å². The fourth-order valence-electron chi connectivity index (χ4n) is 4.93. The van der Waals surface area contributed by atoms with E-state index < -0.39 is 9.05 Å². The maximum atomic E-state index is 12.4. The summed E-state index contributed by atoms with van der Waals surface area (Å²) in [6.07, 6.45) is 6.49. The molecule has 3 heterocycles. The summed E-state index contributed by atoms with van der Waals surface area (Å²) in [4.78, 5) is 28.5. The second-order valence-corrected chi connectivity index (χ2v) is 14.6. The quantitative estimate of drug-likeness (QED) is 0.366. The summed E-state index contributed by atoms with van der Waals surface area (Å²) in [5.74, 6) is -0.379. The SMILES string of the molecule is CC(C)n1c(=O)oc2cc(NC(=O)N(C)C3CCNCC3)ccc21.CC1CCCO1.CCN(CC)CC.O=S(=O)(Cl)C1CC1. The highest BCUT2D eigenvalue weighted by Gasteiger charge is 2.33. The van der Waals surface area contributed by atoms with E-state index in [1.807, 2.05) is 20.9 Å². The van der Waals surface area contributed by atoms with Gasteiger partial charge in [-0.1, -0.05) is 20.8 Å². The van der Waals surface area contributed by atoms with Crippen molar-refractivity contribution in [2.45, 2.75) is 104 Å². The molecule has 3 aliphatic rings. The Hall–Kier alpha value is -2.12. The Bertz CT molecular complexity index is 1290. The van der Waals surface area contributed by atoms with E-state index in [4.69, 9.17) is 19.8 Å². The van der Waals surface area contributed by atoms with Gasteiger partial charge in [0.25, 0.3) is 0 Å². The minimum absolute atomic E-state index is 0.0187. The van der Waals surface area contributed by atoms with Crippen molar-refractivity contribution < 1.29 is 22.4 Å². The number of piperidine rings is 1. The third kappa shape index (κ3) is 12.7. The first-order valence-electron chi connectivity index (χ1n) is 16.0. The van der Waals surface area contributed by atoms with Crippen molar-refractivity contribution >= 4 is 42.6 Å². The molecule has 2 N–H and O–H groups in total. The second kappa shape index (κ2) is 18.8. The summed E-state index contributed by atoms with van der Waals surface area (Å²) < 4.78 is 32.4. The van der Waals surface area contributed by atoms with Gasteiger partial charge in [0.05, 0.1) is 16.9 Å². The summed E-state index contributed by atoms with van der Waals surface area (Å²) in [5, 5.41) is 5.96. The Balaban J connectivity index is 0.000000271. The highest BCUT2D eigenvalue weighted by atomic mass is 35.7. The third-order valence-electron chi connectivity index (χ3n) is 7.98. The zero-order valence-electron chi connectivity index (χ0n) is 27.6. The van der Waals surface area contributed by atoms with Gasteiger partial charge in [-0.2, -0.15) is 0 Å². The number of anilines is 1. The number of urea groups is 1. The average Bonchev–Trinajstić information content (AvgIpc) is 3.67. The van der Waals surface area contributed by atoms with E-state index in [9.17, 15) is 18.0 Å². The molecule has 2 aliphatic heterocycles. The van der Waals surface area contributed by atoms with Crippen LogP contribution < -0.4 is 16.4 Å². The number of benzene rings is 1. The lowest BCUT2D eigenvalue weighted by molar-refractivity contribution is 0.125. The van der Waals surface area contributed by atoms with Crippen LogP contribution in [0.15, 0.2) is 27.4 Å². The van der Waals surface area contributed by atoms with E-state index in [0.717, 1.165) is 50.9 Å². The standard InChI is InChI=1S/C17H24N4O3.C6H15N.C5H10O.C3H5ClO2S/c1-11(2)21-14-5-4-12(10-15(14)24-17(21)23)19-16(22)20(3)13-6-8-18-9-7-13;1-4-7(5-2)6-3;1-5-3-2-4-6-5;4-7(5,6)3-1-2-3/h4-5,10-11,13,18H,6-9H2,1-3H3,(H,19,22);4-6H2,1-3H3;5H,2-4H2,1H3;3H,1-2H2. The van der Waals surface area contributed by atoms with E-state index in [2.05, 4.69) is 43.2 Å². The maximum Gasteiger partial charge on any atom is 0.420 e. The molecule has 13 heteroatoms. The van der Waals surface area contributed by atoms with E-state index in [0.29, 0.717) is 17.4 Å². The molecule has 2 aromatic rings. The first kappa shape index (κ1) is 38.1. The molecule has 1 aliphatic carbocycles. The van der Waals surface area contributed by atoms with Crippen LogP contribution in [0.3, 0.4) is 0 Å². The maximum absolute atomic E-state index is 12.4. The lowest BCUT2D eigenvalue weighted by atomic mass is 10.1. The number of fused-ring (bicyclic) bond motifs is 1. The number of ether oxygens (including phenoxy) is 1. The van der Waals surface area contributed by atoms with Crippen molar-refractivity contribution in [2.24, 2.45) is 0 Å². The summed E-state index contributed by atoms with van der Waals surface area (Å²) in [6, 6.07) is 5.42. The van der Waals surface area contributed by atoms with Crippen molar-refractivity contribution in [3.8, 4) is 0 Å². The molecule has 0 radical (unpaired) electrons. The Labute approximate surface area is 268 Å². The molecule has 1 atom stereocenters. The number of oxazole rings is 1. The summed E-state index contributed by atoms with van der Waals surface area (Å²) in [5.41, 5.74) is 1.84. The normalized spacial score (nSPS) is 18.5. The summed E-state index contributed by atoms with van der Waals surface area (Å²) in [7, 11) is 3.56. The Kier molecular flexibility index (Phi) is 16.2. The monoisotopic (exact) mass is 659 g/mol. The van der Waals surface area contributed by atoms with Gasteiger partial charge in [-0.15, -0.1) is 0 Å². The van der Waals surface area contributed by atoms with Gasteiger partial charge in [0.2, 0.25) is 9.05 Å². The highest BCUT2D eigenvalue weighted by Crippen LogP contribution is 2.30. The van der Waals surface area contributed by atoms with Crippen molar-refractivity contribution in [1.29, 1.82) is 0 Å². The zero-order valence-corrected chi connectivity index (χ0v) is 29.2. The molecule has 1 aromatic carbocycles. The fraction of sp³-hybridized carbons (Fsp3) is 0.742. The number of amides is 2. The second-order valence-electron chi connectivity index (χ2n) is 11.7. The number of carbonyl (C=O) groups excluding carboxylic acids is 1. The molecule has 3 fully saturated rings. The molecule has 11 nitrogen and oxygen atoms in total. The first-order valence-corrected chi connectivity index (χ1v) is 18.4. The van der Waals surface area contributed by atoms with E-state index in [1.165, 1.54) is 32.5 Å². The lowest BCUT2D eigenvalue weighted by Crippen LogP contribution is -2.45. The van der Waals surface area contributed by atoms with Gasteiger partial charge in [-0.25, -0.2) is 18.0 Å². The van der Waals surface area contributed by atoms with Crippen LogP contribution in [0, 0.1) is 0 Å². The van der Waals surface area contributed by atoms with E-state index in [-0.39, 0.29) is 29.1 Å². The Morgan fingerprint density at radius 1 is 1.09 bits per heavy atom. The first-order chi connectivity index (χ1) is 20.8. The number of nitrogens with zero attached hydrogens (tertiary/aromatic N) is 3. The van der Waals surface area contributed by atoms with Crippen LogP contribution in [-0.2, 0) is 13.8 Å². The van der Waals surface area contributed by atoms with Crippen LogP contribution in [0.25, 0.3) is 11.1 Å². The minimum atomic E-state index is -3.16. The molecule has 2 amide bonds. The van der Waals surface area contributed by atoms with Crippen LogP contribution in [0.5, 0.6) is 0 Å². The molecule has 0 spiro atoms. The van der Waals surface area contributed by atoms with Crippen LogP contribution in [0.4, 0.5) is 10.5 Å². The number of nitrogens with one attached hydrogen (secondary N) is 2. The topological polar surface area (TPSA) is 126 Å². The summed E-state index contributed by atoms with van der Waals surface area (Å²) >= 11 is 0. The molecule has 1 unspecified atom stereocenters. The highest BCUT2D eigenvalue weighted by molar-refractivity contribution is 8.14. The van der Waals surface area contributed by atoms with E-state index >= 15 is 0 Å². The number of halogens is 1. The molecule has 252 valence electrons. The zero-order chi connectivity index (χ0) is 32.9. The molecule has 2 saturated heterocycles. The number of rotatable bonds is 7. The van der Waals surface area contributed by atoms with Gasteiger partial charge in [-0.3, -0.25) is 4.57 Å². The van der Waals surface area contributed by atoms with Gasteiger partial charge in [0, 0.05) is 48.2 Å². The molecular formula is C31H54ClN5O6S. The smallest absolute Gasteiger partial charge is 0.408 e. The predicted molar refractivity (Wildman–Crippen MR) is 179 cm³/mol. The summed E-state index contributed by atoms with van der Waals surface area (Å²) in [6.45, 7) is 19.0. The number of carbonyl (C=O) groups is 1. The minimum Gasteiger partial charge on any atom is -0.408 e. The largest absolute Gasteiger partial charge is 0.420 e. The average molecular weight is 660 g/mol. The van der Waals surface area contributed by atoms with Gasteiger partial charge >= 0.3 is 11.8 Å². The van der Waals surface area contributed by atoms with Gasteiger partial charge in [0.15, 0.2) is 5.58 Å². The Morgan fingerprint density at radius 2 is 1.70 bits per heavy atom. The van der Waals surface area contributed by atoms with Crippen molar-refractivity contribution in [2.75, 3.05) is 51.7 Å². The molecule has 44 heavy (non-hydrogen) atoms. The van der Waals surface area contributed by atoms with Gasteiger partial charge in [-0.05, 0) is 104 Å². The van der Waals surface area contributed by atoms with Crippen LogP contribution >= 0.6 is 10.7 Å². The van der Waals surface area contributed by atoms with Gasteiger partial charge < -0.3 is 29.6 Å². The number of hydrogen-bond donors (Lipinski definition) is 2. The molecule has 0 bridgehead atoms. The third-order valence-corrected chi connectivity index (χ3v) is 10.0. The lowest BCUT2D eigenvalue weighted by Gasteiger charge is -2.31. The van der Waals surface area contributed by atoms with Crippen molar-refractivity contribution in [1.82, 2.24) is 19.7 Å². The molecule has 1 aromatic heterocycles. The molecule has 1 saturated carbocycles. The van der Waals surface area contributed by atoms with Gasteiger partial charge in [0.1, 0.15) is 0 Å². The Morgan fingerprint density at radius 3 is 2.09 bits per heavy atom. The predicted octanol–water partition coefficient (Wildman–Crippen LogP) is 5.64. The van der Waals surface area contributed by atoms with Crippen molar-refractivity contribution in [3.05, 3.63) is 28.7 Å².